The minimum absolute atomic E-state index is 0.350. The molecule has 2 aliphatic rings. The standard InChI is InChI=1S/C39H46N6O4/c1-5-44(6-2)35-21-17-33(18-22-35)42-40-31-13-9-29(10-14-31)37-46-25-39(26-47-37)27-48-38(49-28-39)30-11-15-32(16-12-30)41-43-34-19-23-36(24-20-34)45(7-3)8-4/h9-24,37-38H,5-8,25-28H2,1-4H3. The third-order valence-corrected chi connectivity index (χ3v) is 9.01. The maximum absolute atomic E-state index is 6.16. The molecule has 0 bridgehead atoms. The largest absolute Gasteiger partial charge is 0.372 e. The molecule has 1 spiro atoms. The van der Waals surface area contributed by atoms with Crippen molar-refractivity contribution in [2.24, 2.45) is 25.9 Å². The van der Waals surface area contributed by atoms with Crippen LogP contribution in [0.15, 0.2) is 118 Å². The van der Waals surface area contributed by atoms with Crippen LogP contribution in [0.25, 0.3) is 0 Å². The highest BCUT2D eigenvalue weighted by Gasteiger charge is 2.42. The van der Waals surface area contributed by atoms with Gasteiger partial charge in [0.1, 0.15) is 0 Å². The van der Waals surface area contributed by atoms with Gasteiger partial charge in [-0.05, 0) is 100 Å². The Labute approximate surface area is 289 Å². The van der Waals surface area contributed by atoms with Crippen LogP contribution in [-0.4, -0.2) is 52.6 Å². The van der Waals surface area contributed by atoms with Crippen LogP contribution in [0.2, 0.25) is 0 Å². The molecule has 0 unspecified atom stereocenters. The molecule has 2 heterocycles. The van der Waals surface area contributed by atoms with Gasteiger partial charge in [-0.2, -0.15) is 20.5 Å². The van der Waals surface area contributed by atoms with E-state index in [0.717, 1.165) is 60.1 Å². The van der Waals surface area contributed by atoms with Gasteiger partial charge in [0.2, 0.25) is 0 Å². The average Bonchev–Trinajstić information content (AvgIpc) is 3.16. The van der Waals surface area contributed by atoms with Gasteiger partial charge in [-0.25, -0.2) is 0 Å². The van der Waals surface area contributed by atoms with Crippen molar-refractivity contribution in [3.63, 3.8) is 0 Å². The molecule has 4 aromatic rings. The summed E-state index contributed by atoms with van der Waals surface area (Å²) in [6.07, 6.45) is -0.909. The highest BCUT2D eigenvalue weighted by molar-refractivity contribution is 5.54. The molecule has 0 aliphatic carbocycles. The van der Waals surface area contributed by atoms with Crippen LogP contribution >= 0.6 is 0 Å². The van der Waals surface area contributed by atoms with Crippen molar-refractivity contribution in [1.82, 2.24) is 0 Å². The van der Waals surface area contributed by atoms with Crippen LogP contribution in [0, 0.1) is 5.41 Å². The van der Waals surface area contributed by atoms with E-state index in [-0.39, 0.29) is 5.41 Å². The summed E-state index contributed by atoms with van der Waals surface area (Å²) in [5.41, 5.74) is 7.05. The van der Waals surface area contributed by atoms with E-state index in [1.165, 1.54) is 11.4 Å². The Balaban J connectivity index is 0.957. The molecule has 2 aliphatic heterocycles. The monoisotopic (exact) mass is 662 g/mol. The van der Waals surface area contributed by atoms with Gasteiger partial charge in [-0.1, -0.05) is 24.3 Å². The van der Waals surface area contributed by atoms with E-state index in [4.69, 9.17) is 18.9 Å². The van der Waals surface area contributed by atoms with Crippen LogP contribution in [-0.2, 0) is 18.9 Å². The smallest absolute Gasteiger partial charge is 0.183 e. The molecule has 0 amide bonds. The Bertz CT molecular complexity index is 1520. The zero-order valence-corrected chi connectivity index (χ0v) is 28.9. The Kier molecular flexibility index (Phi) is 11.4. The lowest BCUT2D eigenvalue weighted by Crippen LogP contribution is -2.49. The van der Waals surface area contributed by atoms with Crippen molar-refractivity contribution in [2.75, 3.05) is 62.4 Å². The maximum atomic E-state index is 6.16. The van der Waals surface area contributed by atoms with E-state index in [1.807, 2.05) is 72.8 Å². The number of azo groups is 2. The Morgan fingerprint density at radius 2 is 0.714 bits per heavy atom. The number of hydrogen-bond acceptors (Lipinski definition) is 10. The Morgan fingerprint density at radius 3 is 0.980 bits per heavy atom. The van der Waals surface area contributed by atoms with Crippen molar-refractivity contribution in [3.8, 4) is 0 Å². The average molecular weight is 663 g/mol. The normalized spacial score (nSPS) is 21.1. The van der Waals surface area contributed by atoms with Crippen molar-refractivity contribution >= 4 is 34.1 Å². The van der Waals surface area contributed by atoms with E-state index in [9.17, 15) is 0 Å². The Hall–Kier alpha value is -4.48. The SMILES string of the molecule is CCN(CC)c1ccc(N=Nc2ccc(C3OCC4(CO3)COC(c3ccc(N=Nc5ccc(N(CC)CC)cc5)cc3)OC4)cc2)cc1. The molecule has 2 fully saturated rings. The fourth-order valence-electron chi connectivity index (χ4n) is 6.01. The van der Waals surface area contributed by atoms with E-state index in [2.05, 4.69) is 82.2 Å². The molecule has 10 nitrogen and oxygen atoms in total. The first kappa shape index (κ1) is 34.4. The predicted molar refractivity (Wildman–Crippen MR) is 193 cm³/mol. The van der Waals surface area contributed by atoms with Crippen molar-refractivity contribution in [1.29, 1.82) is 0 Å². The van der Waals surface area contributed by atoms with Crippen LogP contribution in [0.3, 0.4) is 0 Å². The molecule has 0 radical (unpaired) electrons. The second-order valence-corrected chi connectivity index (χ2v) is 12.4. The molecule has 49 heavy (non-hydrogen) atoms. The maximum Gasteiger partial charge on any atom is 0.183 e. The summed E-state index contributed by atoms with van der Waals surface area (Å²) in [5.74, 6) is 0. The van der Waals surface area contributed by atoms with Gasteiger partial charge in [-0.15, -0.1) is 0 Å². The predicted octanol–water partition coefficient (Wildman–Crippen LogP) is 9.99. The lowest BCUT2D eigenvalue weighted by atomic mass is 9.90. The fraction of sp³-hybridized carbons (Fsp3) is 0.385. The first-order valence-corrected chi connectivity index (χ1v) is 17.2. The fourth-order valence-corrected chi connectivity index (χ4v) is 6.01. The Morgan fingerprint density at radius 1 is 0.449 bits per heavy atom. The lowest BCUT2D eigenvalue weighted by molar-refractivity contribution is -0.307. The van der Waals surface area contributed by atoms with Gasteiger partial charge < -0.3 is 28.7 Å². The first-order valence-electron chi connectivity index (χ1n) is 17.2. The number of benzene rings is 4. The number of hydrogen-bond donors (Lipinski definition) is 0. The van der Waals surface area contributed by atoms with Gasteiger partial charge in [0, 0.05) is 48.7 Å². The first-order chi connectivity index (χ1) is 24.0. The molecule has 0 N–H and O–H groups in total. The van der Waals surface area contributed by atoms with Crippen molar-refractivity contribution in [3.05, 3.63) is 108 Å². The zero-order valence-electron chi connectivity index (χ0n) is 28.9. The molecule has 0 aromatic heterocycles. The van der Waals surface area contributed by atoms with Crippen LogP contribution in [0.5, 0.6) is 0 Å². The second kappa shape index (κ2) is 16.3. The summed E-state index contributed by atoms with van der Waals surface area (Å²) in [7, 11) is 0. The topological polar surface area (TPSA) is 92.8 Å². The zero-order chi connectivity index (χ0) is 34.1. The van der Waals surface area contributed by atoms with Crippen molar-refractivity contribution in [2.45, 2.75) is 40.3 Å². The van der Waals surface area contributed by atoms with Gasteiger partial charge in [-0.3, -0.25) is 0 Å². The number of ether oxygens (including phenoxy) is 4. The molecule has 4 aromatic carbocycles. The highest BCUT2D eigenvalue weighted by atomic mass is 16.7. The molecule has 0 atom stereocenters. The molecule has 6 rings (SSSR count). The van der Waals surface area contributed by atoms with Crippen LogP contribution in [0.1, 0.15) is 51.4 Å². The molecule has 10 heteroatoms. The summed E-state index contributed by atoms with van der Waals surface area (Å²) in [4.78, 5) is 4.59. The number of nitrogens with zero attached hydrogens (tertiary/aromatic N) is 6. The molecular formula is C39H46N6O4. The van der Waals surface area contributed by atoms with E-state index in [1.54, 1.807) is 0 Å². The molecular weight excluding hydrogens is 616 g/mol. The minimum Gasteiger partial charge on any atom is -0.372 e. The summed E-state index contributed by atoms with van der Waals surface area (Å²) in [6, 6.07) is 31.9. The van der Waals surface area contributed by atoms with Gasteiger partial charge in [0.05, 0.1) is 54.6 Å². The molecule has 0 saturated carbocycles. The van der Waals surface area contributed by atoms with Gasteiger partial charge in [0.25, 0.3) is 0 Å². The second-order valence-electron chi connectivity index (χ2n) is 12.4. The van der Waals surface area contributed by atoms with Crippen LogP contribution < -0.4 is 9.80 Å². The van der Waals surface area contributed by atoms with E-state index < -0.39 is 12.6 Å². The lowest BCUT2D eigenvalue weighted by Gasteiger charge is -2.43. The third-order valence-electron chi connectivity index (χ3n) is 9.01. The summed E-state index contributed by atoms with van der Waals surface area (Å²) >= 11 is 0. The molecule has 256 valence electrons. The summed E-state index contributed by atoms with van der Waals surface area (Å²) in [6.45, 7) is 14.4. The van der Waals surface area contributed by atoms with E-state index >= 15 is 0 Å². The van der Waals surface area contributed by atoms with Gasteiger partial charge in [0.15, 0.2) is 12.6 Å². The van der Waals surface area contributed by atoms with Crippen molar-refractivity contribution < 1.29 is 18.9 Å². The highest BCUT2D eigenvalue weighted by Crippen LogP contribution is 2.39. The molecule has 2 saturated heterocycles. The quantitative estimate of drug-likeness (QED) is 0.140. The number of rotatable bonds is 12. The van der Waals surface area contributed by atoms with Gasteiger partial charge >= 0.3 is 0 Å². The minimum atomic E-state index is -0.455. The van der Waals surface area contributed by atoms with Crippen LogP contribution in [0.4, 0.5) is 34.1 Å². The van der Waals surface area contributed by atoms with E-state index in [0.29, 0.717) is 26.4 Å². The summed E-state index contributed by atoms with van der Waals surface area (Å²) in [5, 5.41) is 17.6. The third kappa shape index (κ3) is 8.58. The number of anilines is 2. The summed E-state index contributed by atoms with van der Waals surface area (Å²) < 4.78 is 24.6.